The molecule has 1 aliphatic carbocycles. The van der Waals surface area contributed by atoms with E-state index in [2.05, 4.69) is 19.2 Å². The van der Waals surface area contributed by atoms with Crippen LogP contribution in [0.2, 0.25) is 0 Å². The molecule has 3 heteroatoms. The average molecular weight is 251 g/mol. The molecule has 0 saturated heterocycles. The molecular formula is C14H21NOS. The van der Waals surface area contributed by atoms with Crippen molar-refractivity contribution in [3.63, 3.8) is 0 Å². The van der Waals surface area contributed by atoms with Crippen molar-refractivity contribution in [1.29, 1.82) is 0 Å². The zero-order valence-corrected chi connectivity index (χ0v) is 11.4. The van der Waals surface area contributed by atoms with E-state index in [0.717, 1.165) is 17.2 Å². The molecule has 0 radical (unpaired) electrons. The molecule has 2 nitrogen and oxygen atoms in total. The van der Waals surface area contributed by atoms with Crippen LogP contribution in [0.5, 0.6) is 0 Å². The van der Waals surface area contributed by atoms with E-state index in [1.54, 1.807) is 11.3 Å². The zero-order chi connectivity index (χ0) is 12.3. The summed E-state index contributed by atoms with van der Waals surface area (Å²) >= 11 is 1.65. The number of rotatable bonds is 3. The third-order valence-electron chi connectivity index (χ3n) is 3.97. The summed E-state index contributed by atoms with van der Waals surface area (Å²) in [6, 6.07) is 4.40. The smallest absolute Gasteiger partial charge is 0.225 e. The SMILES string of the molecule is C[C@@H]1[C@@H](C)CCC[C@H]1NC(=O)Cc1cccs1. The minimum atomic E-state index is 0.179. The summed E-state index contributed by atoms with van der Waals surface area (Å²) in [6.45, 7) is 4.56. The van der Waals surface area contributed by atoms with Crippen molar-refractivity contribution < 1.29 is 4.79 Å². The van der Waals surface area contributed by atoms with Crippen LogP contribution in [-0.4, -0.2) is 11.9 Å². The zero-order valence-electron chi connectivity index (χ0n) is 10.6. The van der Waals surface area contributed by atoms with Crippen LogP contribution in [0.4, 0.5) is 0 Å². The van der Waals surface area contributed by atoms with E-state index in [-0.39, 0.29) is 5.91 Å². The van der Waals surface area contributed by atoms with Crippen LogP contribution in [0, 0.1) is 11.8 Å². The first-order valence-corrected chi connectivity index (χ1v) is 7.36. The molecule has 17 heavy (non-hydrogen) atoms. The maximum atomic E-state index is 11.9. The topological polar surface area (TPSA) is 29.1 Å². The average Bonchev–Trinajstić information content (AvgIpc) is 2.77. The molecule has 1 fully saturated rings. The maximum Gasteiger partial charge on any atom is 0.225 e. The largest absolute Gasteiger partial charge is 0.353 e. The lowest BCUT2D eigenvalue weighted by Crippen LogP contribution is -2.44. The predicted molar refractivity (Wildman–Crippen MR) is 72.1 cm³/mol. The highest BCUT2D eigenvalue weighted by Gasteiger charge is 2.27. The molecule has 0 unspecified atom stereocenters. The third kappa shape index (κ3) is 3.32. The van der Waals surface area contributed by atoms with Gasteiger partial charge in [-0.3, -0.25) is 4.79 Å². The fraction of sp³-hybridized carbons (Fsp3) is 0.643. The third-order valence-corrected chi connectivity index (χ3v) is 4.84. The highest BCUT2D eigenvalue weighted by atomic mass is 32.1. The Morgan fingerprint density at radius 1 is 1.47 bits per heavy atom. The van der Waals surface area contributed by atoms with Gasteiger partial charge in [-0.05, 0) is 29.7 Å². The van der Waals surface area contributed by atoms with Gasteiger partial charge in [-0.1, -0.05) is 32.8 Å². The van der Waals surface area contributed by atoms with Gasteiger partial charge in [0.2, 0.25) is 5.91 Å². The van der Waals surface area contributed by atoms with Gasteiger partial charge in [0.15, 0.2) is 0 Å². The Morgan fingerprint density at radius 2 is 2.29 bits per heavy atom. The van der Waals surface area contributed by atoms with Gasteiger partial charge in [-0.25, -0.2) is 0 Å². The van der Waals surface area contributed by atoms with E-state index < -0.39 is 0 Å². The van der Waals surface area contributed by atoms with Crippen molar-refractivity contribution in [3.05, 3.63) is 22.4 Å². The van der Waals surface area contributed by atoms with Crippen molar-refractivity contribution in [2.45, 2.75) is 45.6 Å². The van der Waals surface area contributed by atoms with Crippen LogP contribution < -0.4 is 5.32 Å². The molecule has 1 aliphatic rings. The summed E-state index contributed by atoms with van der Waals surface area (Å²) in [7, 11) is 0. The lowest BCUT2D eigenvalue weighted by Gasteiger charge is -2.34. The van der Waals surface area contributed by atoms with Crippen LogP contribution in [0.3, 0.4) is 0 Å². The lowest BCUT2D eigenvalue weighted by atomic mass is 9.78. The second-order valence-electron chi connectivity index (χ2n) is 5.20. The van der Waals surface area contributed by atoms with E-state index in [1.807, 2.05) is 17.5 Å². The molecule has 0 bridgehead atoms. The Balaban J connectivity index is 1.85. The van der Waals surface area contributed by atoms with Gasteiger partial charge in [-0.15, -0.1) is 11.3 Å². The number of nitrogens with one attached hydrogen (secondary N) is 1. The fourth-order valence-electron chi connectivity index (χ4n) is 2.61. The van der Waals surface area contributed by atoms with Crippen molar-refractivity contribution >= 4 is 17.2 Å². The van der Waals surface area contributed by atoms with Crippen LogP contribution in [0.25, 0.3) is 0 Å². The number of amides is 1. The summed E-state index contributed by atoms with van der Waals surface area (Å²) in [6.07, 6.45) is 4.23. The molecule has 1 amide bonds. The van der Waals surface area contributed by atoms with Crippen LogP contribution in [0.15, 0.2) is 17.5 Å². The van der Waals surface area contributed by atoms with E-state index in [9.17, 15) is 4.79 Å². The highest BCUT2D eigenvalue weighted by Crippen LogP contribution is 2.29. The van der Waals surface area contributed by atoms with Gasteiger partial charge >= 0.3 is 0 Å². The lowest BCUT2D eigenvalue weighted by molar-refractivity contribution is -0.121. The Morgan fingerprint density at radius 3 is 3.00 bits per heavy atom. The quantitative estimate of drug-likeness (QED) is 0.878. The van der Waals surface area contributed by atoms with Gasteiger partial charge in [-0.2, -0.15) is 0 Å². The molecule has 0 aromatic carbocycles. The van der Waals surface area contributed by atoms with Gasteiger partial charge in [0.1, 0.15) is 0 Å². The van der Waals surface area contributed by atoms with Gasteiger partial charge < -0.3 is 5.32 Å². The number of carbonyl (C=O) groups is 1. The van der Waals surface area contributed by atoms with Crippen LogP contribution in [0.1, 0.15) is 38.0 Å². The van der Waals surface area contributed by atoms with E-state index in [1.165, 1.54) is 12.8 Å². The van der Waals surface area contributed by atoms with Crippen molar-refractivity contribution in [2.24, 2.45) is 11.8 Å². The molecule has 2 rings (SSSR count). The molecule has 1 saturated carbocycles. The molecule has 1 heterocycles. The van der Waals surface area contributed by atoms with Crippen molar-refractivity contribution in [1.82, 2.24) is 5.32 Å². The normalized spacial score (nSPS) is 28.9. The summed E-state index contributed by atoms with van der Waals surface area (Å²) in [4.78, 5) is 13.1. The second kappa shape index (κ2) is 5.67. The molecule has 94 valence electrons. The number of carbonyl (C=O) groups excluding carboxylic acids is 1. The van der Waals surface area contributed by atoms with Crippen LogP contribution >= 0.6 is 11.3 Å². The molecule has 1 aromatic rings. The first-order valence-electron chi connectivity index (χ1n) is 6.48. The highest BCUT2D eigenvalue weighted by molar-refractivity contribution is 7.10. The van der Waals surface area contributed by atoms with Gasteiger partial charge in [0.05, 0.1) is 6.42 Å². The standard InChI is InChI=1S/C14H21NOS/c1-10-5-3-7-13(11(10)2)15-14(16)9-12-6-4-8-17-12/h4,6,8,10-11,13H,3,5,7,9H2,1-2H3,(H,15,16)/t10-,11+,13+/m0/s1. The second-order valence-corrected chi connectivity index (χ2v) is 6.23. The molecule has 1 N–H and O–H groups in total. The van der Waals surface area contributed by atoms with E-state index in [0.29, 0.717) is 18.4 Å². The summed E-state index contributed by atoms with van der Waals surface area (Å²) in [5, 5.41) is 5.23. The predicted octanol–water partition coefficient (Wildman–Crippen LogP) is 3.23. The summed E-state index contributed by atoms with van der Waals surface area (Å²) < 4.78 is 0. The molecule has 0 spiro atoms. The maximum absolute atomic E-state index is 11.9. The van der Waals surface area contributed by atoms with Crippen molar-refractivity contribution in [3.8, 4) is 0 Å². The Bertz CT molecular complexity index is 360. The van der Waals surface area contributed by atoms with Crippen LogP contribution in [-0.2, 0) is 11.2 Å². The number of hydrogen-bond acceptors (Lipinski definition) is 2. The first kappa shape index (κ1) is 12.6. The Hall–Kier alpha value is -0.830. The van der Waals surface area contributed by atoms with Gasteiger partial charge in [0, 0.05) is 10.9 Å². The monoisotopic (exact) mass is 251 g/mol. The Kier molecular flexibility index (Phi) is 4.21. The van der Waals surface area contributed by atoms with E-state index in [4.69, 9.17) is 0 Å². The molecule has 1 aromatic heterocycles. The van der Waals surface area contributed by atoms with Gasteiger partial charge in [0.25, 0.3) is 0 Å². The molecule has 3 atom stereocenters. The summed E-state index contributed by atoms with van der Waals surface area (Å²) in [5.74, 6) is 1.52. The summed E-state index contributed by atoms with van der Waals surface area (Å²) in [5.41, 5.74) is 0. The molecule has 0 aliphatic heterocycles. The molecular weight excluding hydrogens is 230 g/mol. The minimum Gasteiger partial charge on any atom is -0.353 e. The Labute approximate surface area is 107 Å². The fourth-order valence-corrected chi connectivity index (χ4v) is 3.32. The number of thiophene rings is 1. The minimum absolute atomic E-state index is 0.179. The first-order chi connectivity index (χ1) is 8.16. The van der Waals surface area contributed by atoms with E-state index >= 15 is 0 Å². The van der Waals surface area contributed by atoms with Crippen molar-refractivity contribution in [2.75, 3.05) is 0 Å². The number of hydrogen-bond donors (Lipinski definition) is 1.